The third-order valence-electron chi connectivity index (χ3n) is 1.66. The summed E-state index contributed by atoms with van der Waals surface area (Å²) in [5.41, 5.74) is 1.91. The van der Waals surface area contributed by atoms with E-state index in [2.05, 4.69) is 9.97 Å². The van der Waals surface area contributed by atoms with Crippen LogP contribution in [0, 0.1) is 0 Å². The molecule has 0 saturated heterocycles. The first-order chi connectivity index (χ1) is 5.79. The van der Waals surface area contributed by atoms with Crippen LogP contribution in [0.4, 0.5) is 0 Å². The number of nitrogens with one attached hydrogen (secondary N) is 1. The summed E-state index contributed by atoms with van der Waals surface area (Å²) in [5, 5.41) is 0.447. The quantitative estimate of drug-likeness (QED) is 0.714. The Morgan fingerprint density at radius 1 is 1.50 bits per heavy atom. The van der Waals surface area contributed by atoms with Crippen LogP contribution in [0.5, 0.6) is 0 Å². The minimum atomic E-state index is 0.447. The number of hydrogen-bond acceptors (Lipinski definition) is 2. The second-order valence-corrected chi connectivity index (χ2v) is 3.65. The van der Waals surface area contributed by atoms with Gasteiger partial charge in [-0.05, 0) is 36.1 Å². The molecule has 0 spiro atoms. The highest BCUT2D eigenvalue weighted by molar-refractivity contribution is 7.98. The Bertz CT molecular complexity index is 410. The van der Waals surface area contributed by atoms with Crippen LogP contribution in [-0.4, -0.2) is 16.2 Å². The normalized spacial score (nSPS) is 10.8. The summed E-state index contributed by atoms with van der Waals surface area (Å²) in [6, 6.07) is 6.03. The molecule has 12 heavy (non-hydrogen) atoms. The first kappa shape index (κ1) is 7.95. The predicted octanol–water partition coefficient (Wildman–Crippen LogP) is 2.94. The lowest BCUT2D eigenvalue weighted by Crippen LogP contribution is -1.71. The van der Waals surface area contributed by atoms with Crippen LogP contribution in [0.1, 0.15) is 0 Å². The van der Waals surface area contributed by atoms with Gasteiger partial charge in [0, 0.05) is 4.90 Å². The van der Waals surface area contributed by atoms with Gasteiger partial charge in [-0.15, -0.1) is 11.8 Å². The maximum absolute atomic E-state index is 5.71. The molecule has 2 nitrogen and oxygen atoms in total. The Morgan fingerprint density at radius 2 is 2.33 bits per heavy atom. The zero-order valence-corrected chi connectivity index (χ0v) is 8.04. The standard InChI is InChI=1S/C8H7ClN2S/c1-12-5-2-3-6-7(4-5)11-8(9)10-6/h2-4H,1H3,(H,10,11). The number of aromatic nitrogens is 2. The van der Waals surface area contributed by atoms with Gasteiger partial charge in [-0.2, -0.15) is 0 Å². The Kier molecular flexibility index (Phi) is 1.98. The zero-order valence-electron chi connectivity index (χ0n) is 6.47. The van der Waals surface area contributed by atoms with Crippen molar-refractivity contribution in [1.29, 1.82) is 0 Å². The van der Waals surface area contributed by atoms with Gasteiger partial charge in [0.15, 0.2) is 0 Å². The fourth-order valence-electron chi connectivity index (χ4n) is 1.08. The van der Waals surface area contributed by atoms with Crippen LogP contribution in [0.15, 0.2) is 23.1 Å². The van der Waals surface area contributed by atoms with Gasteiger partial charge < -0.3 is 4.98 Å². The number of thioether (sulfide) groups is 1. The fraction of sp³-hybridized carbons (Fsp3) is 0.125. The fourth-order valence-corrected chi connectivity index (χ4v) is 1.72. The van der Waals surface area contributed by atoms with Gasteiger partial charge in [-0.25, -0.2) is 4.98 Å². The Morgan fingerprint density at radius 3 is 3.08 bits per heavy atom. The minimum Gasteiger partial charge on any atom is -0.329 e. The maximum Gasteiger partial charge on any atom is 0.201 e. The molecule has 0 atom stereocenters. The van der Waals surface area contributed by atoms with Crippen molar-refractivity contribution in [3.05, 3.63) is 23.5 Å². The number of hydrogen-bond donors (Lipinski definition) is 1. The molecule has 2 rings (SSSR count). The first-order valence-electron chi connectivity index (χ1n) is 3.49. The predicted molar refractivity (Wildman–Crippen MR) is 52.9 cm³/mol. The Hall–Kier alpha value is -0.670. The molecule has 4 heteroatoms. The van der Waals surface area contributed by atoms with Gasteiger partial charge in [0.2, 0.25) is 5.28 Å². The number of imidazole rings is 1. The van der Waals surface area contributed by atoms with Crippen molar-refractivity contribution in [2.45, 2.75) is 4.90 Å². The van der Waals surface area contributed by atoms with Gasteiger partial charge in [-0.1, -0.05) is 0 Å². The lowest BCUT2D eigenvalue weighted by molar-refractivity contribution is 1.34. The van der Waals surface area contributed by atoms with Crippen molar-refractivity contribution in [3.63, 3.8) is 0 Å². The average Bonchev–Trinajstić information content (AvgIpc) is 2.43. The first-order valence-corrected chi connectivity index (χ1v) is 5.09. The second-order valence-electron chi connectivity index (χ2n) is 2.41. The molecule has 0 fully saturated rings. The summed E-state index contributed by atoms with van der Waals surface area (Å²) in [4.78, 5) is 8.27. The van der Waals surface area contributed by atoms with E-state index in [4.69, 9.17) is 11.6 Å². The van der Waals surface area contributed by atoms with Crippen molar-refractivity contribution in [3.8, 4) is 0 Å². The summed E-state index contributed by atoms with van der Waals surface area (Å²) >= 11 is 7.41. The monoisotopic (exact) mass is 198 g/mol. The molecule has 62 valence electrons. The lowest BCUT2D eigenvalue weighted by atomic mass is 10.3. The van der Waals surface area contributed by atoms with Gasteiger partial charge in [0.1, 0.15) is 0 Å². The molecular weight excluding hydrogens is 192 g/mol. The molecule has 0 unspecified atom stereocenters. The third-order valence-corrected chi connectivity index (χ3v) is 2.56. The van der Waals surface area contributed by atoms with Crippen LogP contribution in [0.3, 0.4) is 0 Å². The van der Waals surface area contributed by atoms with E-state index >= 15 is 0 Å². The van der Waals surface area contributed by atoms with Crippen molar-refractivity contribution in [2.24, 2.45) is 0 Å². The van der Waals surface area contributed by atoms with Crippen LogP contribution < -0.4 is 0 Å². The second kappa shape index (κ2) is 2.99. The summed E-state index contributed by atoms with van der Waals surface area (Å²) < 4.78 is 0. The third kappa shape index (κ3) is 1.30. The summed E-state index contributed by atoms with van der Waals surface area (Å²) in [5.74, 6) is 0. The molecule has 1 aromatic heterocycles. The summed E-state index contributed by atoms with van der Waals surface area (Å²) in [6.45, 7) is 0. The molecule has 0 aliphatic heterocycles. The van der Waals surface area contributed by atoms with E-state index in [1.165, 1.54) is 4.90 Å². The van der Waals surface area contributed by atoms with Gasteiger partial charge in [0.25, 0.3) is 0 Å². The van der Waals surface area contributed by atoms with Gasteiger partial charge in [-0.3, -0.25) is 0 Å². The number of H-pyrrole nitrogens is 1. The van der Waals surface area contributed by atoms with E-state index in [-0.39, 0.29) is 0 Å². The highest BCUT2D eigenvalue weighted by Gasteiger charge is 2.00. The van der Waals surface area contributed by atoms with E-state index in [1.807, 2.05) is 24.5 Å². The highest BCUT2D eigenvalue weighted by Crippen LogP contribution is 2.21. The molecule has 0 aliphatic rings. The molecule has 0 aliphatic carbocycles. The van der Waals surface area contributed by atoms with Crippen LogP contribution in [0.2, 0.25) is 5.28 Å². The number of nitrogens with zero attached hydrogens (tertiary/aromatic N) is 1. The summed E-state index contributed by atoms with van der Waals surface area (Å²) in [6.07, 6.45) is 2.04. The van der Waals surface area contributed by atoms with Crippen molar-refractivity contribution >= 4 is 34.4 Å². The van der Waals surface area contributed by atoms with E-state index in [0.29, 0.717) is 5.28 Å². The van der Waals surface area contributed by atoms with Gasteiger partial charge in [0.05, 0.1) is 11.0 Å². The van der Waals surface area contributed by atoms with Crippen molar-refractivity contribution in [1.82, 2.24) is 9.97 Å². The molecule has 1 heterocycles. The molecule has 1 N–H and O–H groups in total. The molecule has 0 bridgehead atoms. The molecule has 1 aromatic carbocycles. The zero-order chi connectivity index (χ0) is 8.55. The highest BCUT2D eigenvalue weighted by atomic mass is 35.5. The van der Waals surface area contributed by atoms with E-state index < -0.39 is 0 Å². The largest absolute Gasteiger partial charge is 0.329 e. The summed E-state index contributed by atoms with van der Waals surface area (Å²) in [7, 11) is 0. The number of fused-ring (bicyclic) bond motifs is 1. The molecular formula is C8H7ClN2S. The van der Waals surface area contributed by atoms with E-state index in [9.17, 15) is 0 Å². The lowest BCUT2D eigenvalue weighted by Gasteiger charge is -1.93. The van der Waals surface area contributed by atoms with Crippen LogP contribution in [0.25, 0.3) is 11.0 Å². The Balaban J connectivity index is 2.66. The maximum atomic E-state index is 5.71. The smallest absolute Gasteiger partial charge is 0.201 e. The number of benzene rings is 1. The minimum absolute atomic E-state index is 0.447. The van der Waals surface area contributed by atoms with Gasteiger partial charge >= 0.3 is 0 Å². The van der Waals surface area contributed by atoms with E-state index in [1.54, 1.807) is 11.8 Å². The SMILES string of the molecule is CSc1ccc2nc(Cl)[nH]c2c1. The van der Waals surface area contributed by atoms with Crippen LogP contribution in [-0.2, 0) is 0 Å². The topological polar surface area (TPSA) is 28.7 Å². The molecule has 0 saturated carbocycles. The number of aromatic amines is 1. The molecule has 0 radical (unpaired) electrons. The number of halogens is 1. The van der Waals surface area contributed by atoms with Crippen molar-refractivity contribution in [2.75, 3.05) is 6.26 Å². The molecule has 0 amide bonds. The van der Waals surface area contributed by atoms with Crippen molar-refractivity contribution < 1.29 is 0 Å². The van der Waals surface area contributed by atoms with E-state index in [0.717, 1.165) is 11.0 Å². The average molecular weight is 199 g/mol. The molecule has 2 aromatic rings. The van der Waals surface area contributed by atoms with Crippen LogP contribution >= 0.6 is 23.4 Å². The Labute approximate surface area is 79.3 Å². The number of rotatable bonds is 1.